The molecule has 2 rings (SSSR count). The summed E-state index contributed by atoms with van der Waals surface area (Å²) >= 11 is 0. The Balaban J connectivity index is 1.96. The Bertz CT molecular complexity index is 840. The Kier molecular flexibility index (Phi) is 6.70. The van der Waals surface area contributed by atoms with Crippen LogP contribution in [0, 0.1) is 13.8 Å². The molecule has 0 spiro atoms. The maximum absolute atomic E-state index is 12.3. The van der Waals surface area contributed by atoms with Crippen molar-refractivity contribution in [3.8, 4) is 11.5 Å². The predicted octanol–water partition coefficient (Wildman–Crippen LogP) is 3.28. The standard InChI is InChI=1S/C19H20F2N2O4/c1-11-4-6-14(8-12(11)2)23-17(24)10-22-18(25)13-5-7-15(27-19(20)21)16(9-13)26-3/h4-9,19H,10H2,1-3H3,(H,22,25)(H,23,24). The predicted molar refractivity (Wildman–Crippen MR) is 96.5 cm³/mol. The molecule has 8 heteroatoms. The first-order chi connectivity index (χ1) is 12.8. The molecule has 2 amide bonds. The maximum atomic E-state index is 12.3. The number of ether oxygens (including phenoxy) is 2. The topological polar surface area (TPSA) is 76.7 Å². The monoisotopic (exact) mass is 378 g/mol. The highest BCUT2D eigenvalue weighted by atomic mass is 19.3. The van der Waals surface area contributed by atoms with Gasteiger partial charge in [0.05, 0.1) is 13.7 Å². The van der Waals surface area contributed by atoms with E-state index >= 15 is 0 Å². The van der Waals surface area contributed by atoms with Crippen molar-refractivity contribution in [2.24, 2.45) is 0 Å². The molecule has 0 unspecified atom stereocenters. The van der Waals surface area contributed by atoms with Crippen molar-refractivity contribution in [2.45, 2.75) is 20.5 Å². The van der Waals surface area contributed by atoms with Crippen LogP contribution in [0.15, 0.2) is 36.4 Å². The zero-order valence-corrected chi connectivity index (χ0v) is 15.1. The number of carbonyl (C=O) groups excluding carboxylic acids is 2. The zero-order valence-electron chi connectivity index (χ0n) is 15.1. The number of nitrogens with one attached hydrogen (secondary N) is 2. The van der Waals surface area contributed by atoms with Gasteiger partial charge >= 0.3 is 6.61 Å². The minimum Gasteiger partial charge on any atom is -0.493 e. The highest BCUT2D eigenvalue weighted by molar-refractivity contribution is 5.99. The third-order valence-corrected chi connectivity index (χ3v) is 3.84. The fourth-order valence-electron chi connectivity index (χ4n) is 2.29. The number of amides is 2. The number of halogens is 2. The van der Waals surface area contributed by atoms with E-state index in [1.54, 1.807) is 6.07 Å². The normalized spacial score (nSPS) is 10.4. The van der Waals surface area contributed by atoms with Crippen LogP contribution in [0.2, 0.25) is 0 Å². The number of methoxy groups -OCH3 is 1. The van der Waals surface area contributed by atoms with Crippen molar-refractivity contribution >= 4 is 17.5 Å². The molecular weight excluding hydrogens is 358 g/mol. The van der Waals surface area contributed by atoms with Crippen LogP contribution >= 0.6 is 0 Å². The summed E-state index contributed by atoms with van der Waals surface area (Å²) in [5.74, 6) is -1.14. The lowest BCUT2D eigenvalue weighted by Gasteiger charge is -2.12. The van der Waals surface area contributed by atoms with Crippen molar-refractivity contribution in [3.63, 3.8) is 0 Å². The Labute approximate surface area is 155 Å². The molecule has 0 atom stereocenters. The molecule has 2 aromatic rings. The summed E-state index contributed by atoms with van der Waals surface area (Å²) in [4.78, 5) is 24.2. The minimum absolute atomic E-state index is 0.0115. The van der Waals surface area contributed by atoms with E-state index in [-0.39, 0.29) is 23.6 Å². The molecule has 0 heterocycles. The number of hydrogen-bond acceptors (Lipinski definition) is 4. The molecule has 0 radical (unpaired) electrons. The number of anilines is 1. The van der Waals surface area contributed by atoms with Gasteiger partial charge in [-0.1, -0.05) is 6.07 Å². The van der Waals surface area contributed by atoms with Crippen LogP contribution < -0.4 is 20.1 Å². The molecule has 0 bridgehead atoms. The van der Waals surface area contributed by atoms with Gasteiger partial charge in [0, 0.05) is 11.3 Å². The van der Waals surface area contributed by atoms with Gasteiger partial charge in [0.2, 0.25) is 5.91 Å². The number of alkyl halides is 2. The number of hydrogen-bond donors (Lipinski definition) is 2. The van der Waals surface area contributed by atoms with Crippen LogP contribution in [-0.4, -0.2) is 32.1 Å². The molecule has 0 aromatic heterocycles. The molecule has 6 nitrogen and oxygen atoms in total. The van der Waals surface area contributed by atoms with Crippen LogP contribution in [-0.2, 0) is 4.79 Å². The first-order valence-electron chi connectivity index (χ1n) is 8.08. The molecule has 2 aromatic carbocycles. The summed E-state index contributed by atoms with van der Waals surface area (Å²) < 4.78 is 33.9. The fourth-order valence-corrected chi connectivity index (χ4v) is 2.29. The molecule has 0 aliphatic carbocycles. The van der Waals surface area contributed by atoms with Gasteiger partial charge in [0.1, 0.15) is 0 Å². The number of benzene rings is 2. The number of rotatable bonds is 7. The number of carbonyl (C=O) groups is 2. The van der Waals surface area contributed by atoms with Gasteiger partial charge in [-0.15, -0.1) is 0 Å². The molecule has 144 valence electrons. The first kappa shape index (κ1) is 20.2. The Morgan fingerprint density at radius 2 is 1.78 bits per heavy atom. The molecule has 27 heavy (non-hydrogen) atoms. The van der Waals surface area contributed by atoms with E-state index in [9.17, 15) is 18.4 Å². The zero-order chi connectivity index (χ0) is 20.0. The summed E-state index contributed by atoms with van der Waals surface area (Å²) in [6.07, 6.45) is 0. The molecule has 0 saturated heterocycles. The summed E-state index contributed by atoms with van der Waals surface area (Å²) in [7, 11) is 1.27. The maximum Gasteiger partial charge on any atom is 0.387 e. The summed E-state index contributed by atoms with van der Waals surface area (Å²) in [5, 5.41) is 5.15. The van der Waals surface area contributed by atoms with Gasteiger partial charge in [-0.2, -0.15) is 8.78 Å². The highest BCUT2D eigenvalue weighted by Crippen LogP contribution is 2.29. The lowest BCUT2D eigenvalue weighted by atomic mass is 10.1. The van der Waals surface area contributed by atoms with Gasteiger partial charge < -0.3 is 20.1 Å². The van der Waals surface area contributed by atoms with Crippen molar-refractivity contribution in [1.82, 2.24) is 5.32 Å². The first-order valence-corrected chi connectivity index (χ1v) is 8.08. The van der Waals surface area contributed by atoms with Crippen molar-refractivity contribution in [2.75, 3.05) is 19.0 Å². The molecule has 0 fully saturated rings. The SMILES string of the molecule is COc1cc(C(=O)NCC(=O)Nc2ccc(C)c(C)c2)ccc1OC(F)F. The highest BCUT2D eigenvalue weighted by Gasteiger charge is 2.15. The van der Waals surface area contributed by atoms with E-state index in [1.807, 2.05) is 26.0 Å². The Hall–Kier alpha value is -3.16. The lowest BCUT2D eigenvalue weighted by molar-refractivity contribution is -0.115. The largest absolute Gasteiger partial charge is 0.493 e. The minimum atomic E-state index is -3.01. The molecule has 2 N–H and O–H groups in total. The van der Waals surface area contributed by atoms with E-state index in [0.717, 1.165) is 11.1 Å². The average Bonchev–Trinajstić information content (AvgIpc) is 2.62. The van der Waals surface area contributed by atoms with Crippen molar-refractivity contribution in [3.05, 3.63) is 53.1 Å². The van der Waals surface area contributed by atoms with Gasteiger partial charge in [0.25, 0.3) is 5.91 Å². The van der Waals surface area contributed by atoms with E-state index < -0.39 is 18.4 Å². The summed E-state index contributed by atoms with van der Waals surface area (Å²) in [6, 6.07) is 9.26. The Morgan fingerprint density at radius 3 is 2.41 bits per heavy atom. The molecular formula is C19H20F2N2O4. The van der Waals surface area contributed by atoms with Crippen LogP contribution in [0.4, 0.5) is 14.5 Å². The van der Waals surface area contributed by atoms with E-state index in [4.69, 9.17) is 4.74 Å². The van der Waals surface area contributed by atoms with Crippen LogP contribution in [0.1, 0.15) is 21.5 Å². The molecule has 0 aliphatic rings. The second-order valence-corrected chi connectivity index (χ2v) is 5.77. The van der Waals surface area contributed by atoms with Crippen molar-refractivity contribution in [1.29, 1.82) is 0 Å². The smallest absolute Gasteiger partial charge is 0.387 e. The second kappa shape index (κ2) is 8.98. The fraction of sp³-hybridized carbons (Fsp3) is 0.263. The average molecular weight is 378 g/mol. The molecule has 0 saturated carbocycles. The third-order valence-electron chi connectivity index (χ3n) is 3.84. The van der Waals surface area contributed by atoms with Crippen LogP contribution in [0.25, 0.3) is 0 Å². The second-order valence-electron chi connectivity index (χ2n) is 5.77. The van der Waals surface area contributed by atoms with Gasteiger partial charge in [-0.25, -0.2) is 0 Å². The van der Waals surface area contributed by atoms with Crippen molar-refractivity contribution < 1.29 is 27.8 Å². The third kappa shape index (κ3) is 5.67. The Morgan fingerprint density at radius 1 is 1.04 bits per heavy atom. The summed E-state index contributed by atoms with van der Waals surface area (Å²) in [6.45, 7) is 0.644. The van der Waals surface area contributed by atoms with Gasteiger partial charge in [-0.05, 0) is 55.3 Å². The van der Waals surface area contributed by atoms with E-state index in [1.165, 1.54) is 25.3 Å². The van der Waals surface area contributed by atoms with Gasteiger partial charge in [-0.3, -0.25) is 9.59 Å². The van der Waals surface area contributed by atoms with Crippen LogP contribution in [0.3, 0.4) is 0 Å². The lowest BCUT2D eigenvalue weighted by Crippen LogP contribution is -2.32. The summed E-state index contributed by atoms with van der Waals surface area (Å²) in [5.41, 5.74) is 2.92. The number of aryl methyl sites for hydroxylation is 2. The molecule has 0 aliphatic heterocycles. The van der Waals surface area contributed by atoms with Crippen LogP contribution in [0.5, 0.6) is 11.5 Å². The van der Waals surface area contributed by atoms with Gasteiger partial charge in [0.15, 0.2) is 11.5 Å². The van der Waals surface area contributed by atoms with E-state index in [0.29, 0.717) is 5.69 Å². The quantitative estimate of drug-likeness (QED) is 0.775. The van der Waals surface area contributed by atoms with E-state index in [2.05, 4.69) is 15.4 Å².